The van der Waals surface area contributed by atoms with E-state index in [0.29, 0.717) is 0 Å². The largest absolute Gasteiger partial charge is 0.534 e. The predicted octanol–water partition coefficient (Wildman–Crippen LogP) is 1.01. The molecule has 1 aromatic rings. The van der Waals surface area contributed by atoms with Crippen molar-refractivity contribution in [1.29, 1.82) is 0 Å². The molecule has 0 atom stereocenters. The van der Waals surface area contributed by atoms with E-state index in [1.807, 2.05) is 0 Å². The highest BCUT2D eigenvalue weighted by molar-refractivity contribution is 7.87. The van der Waals surface area contributed by atoms with Crippen LogP contribution in [0.15, 0.2) is 12.4 Å². The normalized spacial score (nSPS) is 12.5. The third kappa shape index (κ3) is 2.78. The van der Waals surface area contributed by atoms with Crippen molar-refractivity contribution in [2.75, 3.05) is 0 Å². The molecule has 0 radical (unpaired) electrons. The zero-order chi connectivity index (χ0) is 11.7. The standard InChI is InChI=1S/C6H5F3N2O3S/c1-4-2-5(11-3-10-4)14-15(12,13)6(7,8)9/h2-3H,1H3. The number of alkyl halides is 3. The maximum atomic E-state index is 11.9. The molecule has 0 aromatic carbocycles. The van der Waals surface area contributed by atoms with Crippen LogP contribution in [0.4, 0.5) is 13.2 Å². The molecule has 0 fully saturated rings. The Morgan fingerprint density at radius 1 is 1.33 bits per heavy atom. The molecule has 0 aliphatic heterocycles. The number of halogens is 3. The van der Waals surface area contributed by atoms with Gasteiger partial charge in [0.25, 0.3) is 0 Å². The van der Waals surface area contributed by atoms with Crippen LogP contribution >= 0.6 is 0 Å². The van der Waals surface area contributed by atoms with Crippen molar-refractivity contribution in [2.24, 2.45) is 0 Å². The maximum Gasteiger partial charge on any atom is 0.534 e. The summed E-state index contributed by atoms with van der Waals surface area (Å²) in [6.07, 6.45) is 0.899. The van der Waals surface area contributed by atoms with E-state index >= 15 is 0 Å². The summed E-state index contributed by atoms with van der Waals surface area (Å²) in [6, 6.07) is 0.975. The lowest BCUT2D eigenvalue weighted by Gasteiger charge is -2.08. The van der Waals surface area contributed by atoms with Crippen molar-refractivity contribution in [1.82, 2.24) is 9.97 Å². The van der Waals surface area contributed by atoms with E-state index in [1.54, 1.807) is 0 Å². The van der Waals surface area contributed by atoms with Crippen LogP contribution in [0.3, 0.4) is 0 Å². The van der Waals surface area contributed by atoms with Crippen LogP contribution in [0, 0.1) is 6.92 Å². The van der Waals surface area contributed by atoms with Gasteiger partial charge < -0.3 is 4.18 Å². The van der Waals surface area contributed by atoms with Crippen molar-refractivity contribution in [3.8, 4) is 5.88 Å². The molecule has 0 saturated heterocycles. The van der Waals surface area contributed by atoms with Crippen LogP contribution in [0.5, 0.6) is 5.88 Å². The molecule has 1 aromatic heterocycles. The first kappa shape index (κ1) is 11.7. The second-order valence-corrected chi connectivity index (χ2v) is 4.02. The van der Waals surface area contributed by atoms with Gasteiger partial charge in [-0.1, -0.05) is 0 Å². The molecule has 1 heterocycles. The van der Waals surface area contributed by atoms with Crippen molar-refractivity contribution in [3.63, 3.8) is 0 Å². The van der Waals surface area contributed by atoms with Gasteiger partial charge >= 0.3 is 15.6 Å². The third-order valence-corrected chi connectivity index (χ3v) is 2.21. The molecule has 0 bridgehead atoms. The Kier molecular flexibility index (Phi) is 2.84. The minimum absolute atomic E-state index is 0.289. The maximum absolute atomic E-state index is 11.9. The average Bonchev–Trinajstić information content (AvgIpc) is 2.00. The van der Waals surface area contributed by atoms with Gasteiger partial charge in [0.2, 0.25) is 5.88 Å². The average molecular weight is 242 g/mol. The van der Waals surface area contributed by atoms with Gasteiger partial charge in [-0.2, -0.15) is 21.6 Å². The highest BCUT2D eigenvalue weighted by atomic mass is 32.2. The summed E-state index contributed by atoms with van der Waals surface area (Å²) in [5, 5.41) is 0. The number of hydrogen-bond acceptors (Lipinski definition) is 5. The SMILES string of the molecule is Cc1cc(OS(=O)(=O)C(F)(F)F)ncn1. The monoisotopic (exact) mass is 242 g/mol. The molecule has 0 N–H and O–H groups in total. The predicted molar refractivity (Wildman–Crippen MR) is 42.4 cm³/mol. The Labute approximate surface area is 83.0 Å². The first-order valence-corrected chi connectivity index (χ1v) is 4.92. The minimum atomic E-state index is -5.66. The van der Waals surface area contributed by atoms with Gasteiger partial charge in [-0.3, -0.25) is 0 Å². The van der Waals surface area contributed by atoms with Gasteiger partial charge in [0.05, 0.1) is 0 Å². The van der Waals surface area contributed by atoms with Crippen LogP contribution in [0.2, 0.25) is 0 Å². The summed E-state index contributed by atoms with van der Waals surface area (Å²) >= 11 is 0. The molecule has 5 nitrogen and oxygen atoms in total. The Morgan fingerprint density at radius 3 is 2.40 bits per heavy atom. The number of nitrogens with zero attached hydrogens (tertiary/aromatic N) is 2. The number of aromatic nitrogens is 2. The molecule has 0 aliphatic rings. The van der Waals surface area contributed by atoms with E-state index in [2.05, 4.69) is 14.2 Å². The zero-order valence-electron chi connectivity index (χ0n) is 7.32. The quantitative estimate of drug-likeness (QED) is 0.572. The van der Waals surface area contributed by atoms with E-state index < -0.39 is 21.5 Å². The van der Waals surface area contributed by atoms with E-state index in [0.717, 1.165) is 12.4 Å². The van der Waals surface area contributed by atoms with Crippen molar-refractivity contribution in [2.45, 2.75) is 12.4 Å². The van der Waals surface area contributed by atoms with Crippen molar-refractivity contribution in [3.05, 3.63) is 18.1 Å². The van der Waals surface area contributed by atoms with Crippen molar-refractivity contribution < 1.29 is 25.8 Å². The lowest BCUT2D eigenvalue weighted by Crippen LogP contribution is -2.28. The van der Waals surface area contributed by atoms with Crippen LogP contribution in [0.1, 0.15) is 5.69 Å². The smallest absolute Gasteiger partial charge is 0.355 e. The summed E-state index contributed by atoms with van der Waals surface area (Å²) in [5.74, 6) is -0.667. The Bertz CT molecular complexity index is 457. The molecule has 15 heavy (non-hydrogen) atoms. The van der Waals surface area contributed by atoms with Gasteiger partial charge in [0.1, 0.15) is 6.33 Å². The van der Waals surface area contributed by atoms with Crippen LogP contribution < -0.4 is 4.18 Å². The van der Waals surface area contributed by atoms with Gasteiger partial charge in [-0.15, -0.1) is 0 Å². The van der Waals surface area contributed by atoms with Crippen LogP contribution in [0.25, 0.3) is 0 Å². The van der Waals surface area contributed by atoms with E-state index in [-0.39, 0.29) is 5.69 Å². The second-order valence-electron chi connectivity index (χ2n) is 2.48. The fourth-order valence-electron chi connectivity index (χ4n) is 0.635. The van der Waals surface area contributed by atoms with Gasteiger partial charge in [-0.05, 0) is 6.92 Å². The summed E-state index contributed by atoms with van der Waals surface area (Å²) in [7, 11) is -5.66. The highest BCUT2D eigenvalue weighted by Crippen LogP contribution is 2.25. The molecule has 0 aliphatic carbocycles. The molecular weight excluding hydrogens is 237 g/mol. The Hall–Kier alpha value is -1.38. The lowest BCUT2D eigenvalue weighted by molar-refractivity contribution is -0.0501. The first-order chi connectivity index (χ1) is 6.72. The minimum Gasteiger partial charge on any atom is -0.355 e. The number of hydrogen-bond donors (Lipinski definition) is 0. The molecule has 0 spiro atoms. The first-order valence-electron chi connectivity index (χ1n) is 3.52. The van der Waals surface area contributed by atoms with Gasteiger partial charge in [-0.25, -0.2) is 9.97 Å². The summed E-state index contributed by atoms with van der Waals surface area (Å²) in [4.78, 5) is 6.79. The van der Waals surface area contributed by atoms with E-state index in [9.17, 15) is 21.6 Å². The Morgan fingerprint density at radius 2 is 1.93 bits per heavy atom. The fourth-order valence-corrected chi connectivity index (χ4v) is 1.05. The van der Waals surface area contributed by atoms with Crippen molar-refractivity contribution >= 4 is 10.1 Å². The van der Waals surface area contributed by atoms with E-state index in [4.69, 9.17) is 0 Å². The lowest BCUT2D eigenvalue weighted by atomic mass is 10.4. The topological polar surface area (TPSA) is 69.2 Å². The third-order valence-electron chi connectivity index (χ3n) is 1.26. The zero-order valence-corrected chi connectivity index (χ0v) is 8.13. The molecule has 84 valence electrons. The molecular formula is C6H5F3N2O3S. The number of aryl methyl sites for hydroxylation is 1. The molecule has 0 amide bonds. The summed E-state index contributed by atoms with van der Waals surface area (Å²) in [5.41, 5.74) is -5.18. The molecule has 0 saturated carbocycles. The molecule has 1 rings (SSSR count). The highest BCUT2D eigenvalue weighted by Gasteiger charge is 2.48. The number of rotatable bonds is 2. The summed E-state index contributed by atoms with van der Waals surface area (Å²) in [6.45, 7) is 1.45. The summed E-state index contributed by atoms with van der Waals surface area (Å²) < 4.78 is 60.4. The molecule has 0 unspecified atom stereocenters. The van der Waals surface area contributed by atoms with Gasteiger partial charge in [0, 0.05) is 11.8 Å². The van der Waals surface area contributed by atoms with Crippen LogP contribution in [-0.2, 0) is 10.1 Å². The molecule has 9 heteroatoms. The van der Waals surface area contributed by atoms with Crippen LogP contribution in [-0.4, -0.2) is 23.9 Å². The Balaban J connectivity index is 2.98. The van der Waals surface area contributed by atoms with Gasteiger partial charge in [0.15, 0.2) is 0 Å². The fraction of sp³-hybridized carbons (Fsp3) is 0.333. The van der Waals surface area contributed by atoms with E-state index in [1.165, 1.54) is 6.92 Å². The second kappa shape index (κ2) is 3.65.